The molecular weight excluding hydrogens is 333 g/mol. The van der Waals surface area contributed by atoms with Gasteiger partial charge in [-0.25, -0.2) is 30.8 Å². The number of hydrogen-bond donors (Lipinski definition) is 3. The molecular formula is C13H12FN9O2. The number of benzene rings is 1. The van der Waals surface area contributed by atoms with Crippen molar-refractivity contribution in [1.82, 2.24) is 9.55 Å². The number of halogens is 1. The molecule has 1 unspecified atom stereocenters. The van der Waals surface area contributed by atoms with Crippen LogP contribution in [-0.2, 0) is 4.74 Å². The number of carbonyl (C=O) groups is 1. The summed E-state index contributed by atoms with van der Waals surface area (Å²) in [4.78, 5) is 17.0. The second kappa shape index (κ2) is 6.14. The normalized spacial score (nSPS) is 19.2. The Labute approximate surface area is 139 Å². The molecule has 12 heteroatoms. The maximum atomic E-state index is 14.4. The van der Waals surface area contributed by atoms with Crippen LogP contribution in [0.3, 0.4) is 0 Å². The zero-order chi connectivity index (χ0) is 18.0. The first-order valence-corrected chi connectivity index (χ1v) is 6.96. The molecule has 11 nitrogen and oxygen atoms in total. The summed E-state index contributed by atoms with van der Waals surface area (Å²) in [5.41, 5.74) is 21.7. The smallest absolute Gasteiger partial charge is 0.414 e. The summed E-state index contributed by atoms with van der Waals surface area (Å²) in [5, 5.41) is 9.06. The fourth-order valence-corrected chi connectivity index (χ4v) is 2.44. The average molecular weight is 345 g/mol. The summed E-state index contributed by atoms with van der Waals surface area (Å²) >= 11 is 0. The standard InChI is InChI=1S/C13H12FN9O2/c14-9-5-8(1-2-10(9)22-4-3-18-7-22)23-6-11(25-12(23)24)13(19-15,20-16)21-17/h1-5,7,11,15-17H,6H2. The number of hydrogen-bond acceptors (Lipinski definition) is 9. The Bertz CT molecular complexity index is 816. The van der Waals surface area contributed by atoms with Crippen LogP contribution in [0.4, 0.5) is 14.9 Å². The Morgan fingerprint density at radius 3 is 2.56 bits per heavy atom. The molecule has 1 aromatic carbocycles. The average Bonchev–Trinajstić information content (AvgIpc) is 3.27. The molecule has 1 saturated heterocycles. The van der Waals surface area contributed by atoms with Crippen molar-refractivity contribution in [3.8, 4) is 5.69 Å². The topological polar surface area (TPSA) is 156 Å². The number of cyclic esters (lactones) is 1. The van der Waals surface area contributed by atoms with E-state index in [1.165, 1.54) is 29.2 Å². The van der Waals surface area contributed by atoms with Crippen molar-refractivity contribution >= 4 is 11.8 Å². The minimum Gasteiger partial charge on any atom is -0.437 e. The zero-order valence-electron chi connectivity index (χ0n) is 12.6. The van der Waals surface area contributed by atoms with E-state index in [9.17, 15) is 9.18 Å². The highest BCUT2D eigenvalue weighted by Gasteiger charge is 2.49. The highest BCUT2D eigenvalue weighted by molar-refractivity contribution is 5.90. The van der Waals surface area contributed by atoms with Gasteiger partial charge in [-0.1, -0.05) is 0 Å². The van der Waals surface area contributed by atoms with Crippen molar-refractivity contribution in [2.45, 2.75) is 11.9 Å². The Kier molecular flexibility index (Phi) is 4.00. The van der Waals surface area contributed by atoms with E-state index in [1.807, 2.05) is 0 Å². The van der Waals surface area contributed by atoms with Crippen molar-refractivity contribution in [3.63, 3.8) is 0 Å². The van der Waals surface area contributed by atoms with Crippen molar-refractivity contribution in [1.29, 1.82) is 16.6 Å². The first kappa shape index (κ1) is 16.3. The molecule has 0 saturated carbocycles. The lowest BCUT2D eigenvalue weighted by molar-refractivity contribution is 0.0829. The van der Waals surface area contributed by atoms with Crippen LogP contribution >= 0.6 is 0 Å². The molecule has 1 fully saturated rings. The Morgan fingerprint density at radius 2 is 2.00 bits per heavy atom. The number of nitrogens with one attached hydrogen (secondary N) is 3. The molecule has 1 aromatic heterocycles. The Hall–Kier alpha value is -3.57. The first-order chi connectivity index (χ1) is 12.0. The first-order valence-electron chi connectivity index (χ1n) is 6.96. The van der Waals surface area contributed by atoms with Gasteiger partial charge in [0.1, 0.15) is 5.82 Å². The van der Waals surface area contributed by atoms with E-state index in [4.69, 9.17) is 21.3 Å². The van der Waals surface area contributed by atoms with E-state index in [0.717, 1.165) is 11.0 Å². The Morgan fingerprint density at radius 1 is 1.28 bits per heavy atom. The van der Waals surface area contributed by atoms with Gasteiger partial charge in [0, 0.05) is 12.4 Å². The third-order valence-electron chi connectivity index (χ3n) is 3.76. The maximum Gasteiger partial charge on any atom is 0.414 e. The molecule has 0 spiro atoms. The number of nitrogens with zero attached hydrogens (tertiary/aromatic N) is 6. The van der Waals surface area contributed by atoms with E-state index >= 15 is 0 Å². The van der Waals surface area contributed by atoms with Gasteiger partial charge in [-0.05, 0) is 18.2 Å². The molecule has 2 heterocycles. The van der Waals surface area contributed by atoms with E-state index in [-0.39, 0.29) is 17.9 Å². The molecule has 1 aliphatic rings. The molecule has 3 N–H and O–H groups in total. The molecule has 25 heavy (non-hydrogen) atoms. The monoisotopic (exact) mass is 345 g/mol. The number of anilines is 1. The van der Waals surface area contributed by atoms with Crippen molar-refractivity contribution in [2.75, 3.05) is 11.4 Å². The second-order valence-corrected chi connectivity index (χ2v) is 5.11. The second-order valence-electron chi connectivity index (χ2n) is 5.11. The van der Waals surface area contributed by atoms with Crippen LogP contribution in [0.25, 0.3) is 5.69 Å². The summed E-state index contributed by atoms with van der Waals surface area (Å²) < 4.78 is 20.8. The van der Waals surface area contributed by atoms with Crippen molar-refractivity contribution in [3.05, 3.63) is 42.7 Å². The van der Waals surface area contributed by atoms with Gasteiger partial charge in [0.15, 0.2) is 6.10 Å². The third kappa shape index (κ3) is 2.62. The minimum atomic E-state index is -2.15. The lowest BCUT2D eigenvalue weighted by atomic mass is 10.2. The SMILES string of the molecule is N=NC(N=N)(N=N)C1CN(c2ccc(-n3ccnc3)c(F)c2)C(=O)O1. The van der Waals surface area contributed by atoms with Crippen LogP contribution in [-0.4, -0.2) is 34.1 Å². The van der Waals surface area contributed by atoms with Gasteiger partial charge in [-0.2, -0.15) is 0 Å². The van der Waals surface area contributed by atoms with E-state index in [2.05, 4.69) is 20.3 Å². The van der Waals surface area contributed by atoms with Crippen LogP contribution in [0.1, 0.15) is 0 Å². The largest absolute Gasteiger partial charge is 0.437 e. The van der Waals surface area contributed by atoms with E-state index in [0.29, 0.717) is 0 Å². The fraction of sp³-hybridized carbons (Fsp3) is 0.231. The molecule has 0 bridgehead atoms. The number of carbonyl (C=O) groups excluding carboxylic acids is 1. The minimum absolute atomic E-state index is 0.185. The highest BCUT2D eigenvalue weighted by atomic mass is 19.1. The lowest BCUT2D eigenvalue weighted by Gasteiger charge is -2.20. The van der Waals surface area contributed by atoms with Gasteiger partial charge < -0.3 is 9.30 Å². The summed E-state index contributed by atoms with van der Waals surface area (Å²) in [5.74, 6) is -2.74. The summed E-state index contributed by atoms with van der Waals surface area (Å²) in [6.45, 7) is -0.185. The number of rotatable bonds is 6. The van der Waals surface area contributed by atoms with Crippen molar-refractivity contribution < 1.29 is 13.9 Å². The summed E-state index contributed by atoms with van der Waals surface area (Å²) in [7, 11) is 0. The van der Waals surface area contributed by atoms with Crippen LogP contribution in [0.5, 0.6) is 0 Å². The predicted molar refractivity (Wildman–Crippen MR) is 79.3 cm³/mol. The summed E-state index contributed by atoms with van der Waals surface area (Å²) in [6, 6.07) is 4.13. The van der Waals surface area contributed by atoms with E-state index < -0.39 is 23.8 Å². The molecule has 0 radical (unpaired) electrons. The molecule has 128 valence electrons. The summed E-state index contributed by atoms with van der Waals surface area (Å²) in [6.07, 6.45) is 2.46. The number of amides is 1. The third-order valence-corrected chi connectivity index (χ3v) is 3.76. The Balaban J connectivity index is 1.89. The van der Waals surface area contributed by atoms with Crippen LogP contribution in [0.15, 0.2) is 52.3 Å². The van der Waals surface area contributed by atoms with Crippen LogP contribution in [0.2, 0.25) is 0 Å². The van der Waals surface area contributed by atoms with E-state index in [1.54, 1.807) is 6.20 Å². The van der Waals surface area contributed by atoms with Gasteiger partial charge in [0.05, 0.1) is 24.2 Å². The number of imidazole rings is 1. The molecule has 0 aliphatic carbocycles. The van der Waals surface area contributed by atoms with Crippen LogP contribution in [0, 0.1) is 22.4 Å². The van der Waals surface area contributed by atoms with Gasteiger partial charge in [0.25, 0.3) is 0 Å². The quantitative estimate of drug-likeness (QED) is 0.688. The van der Waals surface area contributed by atoms with Gasteiger partial charge in [-0.15, -0.1) is 15.3 Å². The van der Waals surface area contributed by atoms with Crippen molar-refractivity contribution in [2.24, 2.45) is 15.3 Å². The molecule has 3 rings (SSSR count). The van der Waals surface area contributed by atoms with Gasteiger partial charge >= 0.3 is 11.9 Å². The van der Waals surface area contributed by atoms with Gasteiger partial charge in [0.2, 0.25) is 0 Å². The fourth-order valence-electron chi connectivity index (χ4n) is 2.44. The zero-order valence-corrected chi connectivity index (χ0v) is 12.6. The van der Waals surface area contributed by atoms with Gasteiger partial charge in [-0.3, -0.25) is 4.90 Å². The maximum absolute atomic E-state index is 14.4. The molecule has 1 atom stereocenters. The number of aromatic nitrogens is 2. The highest BCUT2D eigenvalue weighted by Crippen LogP contribution is 2.32. The number of ether oxygens (including phenoxy) is 1. The molecule has 1 aliphatic heterocycles. The predicted octanol–water partition coefficient (Wildman–Crippen LogP) is 3.08. The molecule has 2 aromatic rings. The lowest BCUT2D eigenvalue weighted by Crippen LogP contribution is -2.39. The molecule has 1 amide bonds. The van der Waals surface area contributed by atoms with Crippen LogP contribution < -0.4 is 4.90 Å².